The van der Waals surface area contributed by atoms with Crippen molar-refractivity contribution >= 4 is 5.97 Å². The van der Waals surface area contributed by atoms with Gasteiger partial charge in [0.15, 0.2) is 0 Å². The second-order valence-corrected chi connectivity index (χ2v) is 3.01. The van der Waals surface area contributed by atoms with Crippen molar-refractivity contribution in [3.8, 4) is 11.8 Å². The van der Waals surface area contributed by atoms with Crippen LogP contribution in [0.2, 0.25) is 0 Å². The van der Waals surface area contributed by atoms with Crippen molar-refractivity contribution in [3.63, 3.8) is 0 Å². The average molecular weight is 242 g/mol. The first kappa shape index (κ1) is 13.1. The van der Waals surface area contributed by atoms with Crippen LogP contribution in [0.25, 0.3) is 0 Å². The number of carbonyl (C=O) groups excluding carboxylic acids is 1. The topological polar surface area (TPSA) is 26.3 Å². The zero-order valence-electron chi connectivity index (χ0n) is 8.97. The van der Waals surface area contributed by atoms with E-state index in [1.165, 1.54) is 18.2 Å². The van der Waals surface area contributed by atoms with Gasteiger partial charge in [0.1, 0.15) is 0 Å². The first-order valence-electron chi connectivity index (χ1n) is 4.80. The fourth-order valence-corrected chi connectivity index (χ4v) is 1.12. The zero-order chi connectivity index (χ0) is 12.9. The van der Waals surface area contributed by atoms with Gasteiger partial charge in [0.05, 0.1) is 12.2 Å². The number of benzene rings is 1. The van der Waals surface area contributed by atoms with Crippen LogP contribution in [0.5, 0.6) is 0 Å². The van der Waals surface area contributed by atoms with E-state index in [0.29, 0.717) is 0 Å². The van der Waals surface area contributed by atoms with E-state index < -0.39 is 17.7 Å². The highest BCUT2D eigenvalue weighted by Gasteiger charge is 2.32. The molecule has 0 spiro atoms. The summed E-state index contributed by atoms with van der Waals surface area (Å²) >= 11 is 0. The van der Waals surface area contributed by atoms with Gasteiger partial charge in [-0.05, 0) is 19.1 Å². The molecule has 1 aromatic rings. The summed E-state index contributed by atoms with van der Waals surface area (Å²) < 4.78 is 42.1. The minimum Gasteiger partial charge on any atom is -0.456 e. The maximum absolute atomic E-state index is 12.5. The van der Waals surface area contributed by atoms with E-state index >= 15 is 0 Å². The Morgan fingerprint density at radius 1 is 1.35 bits per heavy atom. The third-order valence-corrected chi connectivity index (χ3v) is 1.81. The Balaban J connectivity index is 3.03. The lowest BCUT2D eigenvalue weighted by Crippen LogP contribution is -2.07. The third kappa shape index (κ3) is 3.83. The number of alkyl halides is 3. The number of hydrogen-bond donors (Lipinski definition) is 0. The van der Waals surface area contributed by atoms with Crippen molar-refractivity contribution in [2.75, 3.05) is 6.61 Å². The number of hydrogen-bond acceptors (Lipinski definition) is 2. The molecule has 0 saturated heterocycles. The summed E-state index contributed by atoms with van der Waals surface area (Å²) in [7, 11) is 0. The smallest absolute Gasteiger partial charge is 0.417 e. The Labute approximate surface area is 96.4 Å². The molecular weight excluding hydrogens is 233 g/mol. The number of ether oxygens (including phenoxy) is 1. The summed E-state index contributed by atoms with van der Waals surface area (Å²) in [5, 5.41) is 0. The minimum absolute atomic E-state index is 0.133. The van der Waals surface area contributed by atoms with Crippen LogP contribution < -0.4 is 0 Å². The lowest BCUT2D eigenvalue weighted by molar-refractivity contribution is -0.138. The molecule has 0 aliphatic heterocycles. The molecule has 0 heterocycles. The van der Waals surface area contributed by atoms with Crippen molar-refractivity contribution in [2.45, 2.75) is 13.1 Å². The van der Waals surface area contributed by atoms with E-state index in [9.17, 15) is 18.0 Å². The van der Waals surface area contributed by atoms with Crippen LogP contribution in [0.4, 0.5) is 13.2 Å². The van der Waals surface area contributed by atoms with Crippen molar-refractivity contribution in [3.05, 3.63) is 35.4 Å². The Kier molecular flexibility index (Phi) is 4.16. The van der Waals surface area contributed by atoms with E-state index in [1.807, 2.05) is 5.92 Å². The Hall–Kier alpha value is -1.96. The molecular formula is C12H9F3O2. The highest BCUT2D eigenvalue weighted by Crippen LogP contribution is 2.31. The summed E-state index contributed by atoms with van der Waals surface area (Å²) in [5.74, 6) is 3.32. The third-order valence-electron chi connectivity index (χ3n) is 1.81. The maximum Gasteiger partial charge on any atom is 0.417 e. The largest absolute Gasteiger partial charge is 0.456 e. The molecule has 0 aromatic heterocycles. The fraction of sp³-hybridized carbons (Fsp3) is 0.250. The highest BCUT2D eigenvalue weighted by atomic mass is 19.4. The van der Waals surface area contributed by atoms with Gasteiger partial charge in [0.25, 0.3) is 0 Å². The van der Waals surface area contributed by atoms with Gasteiger partial charge in [-0.3, -0.25) is 0 Å². The van der Waals surface area contributed by atoms with E-state index in [0.717, 1.165) is 6.07 Å². The van der Waals surface area contributed by atoms with Crippen LogP contribution in [0.15, 0.2) is 24.3 Å². The number of carbonyl (C=O) groups is 1. The van der Waals surface area contributed by atoms with Crippen molar-refractivity contribution in [2.24, 2.45) is 0 Å². The zero-order valence-corrected chi connectivity index (χ0v) is 8.97. The maximum atomic E-state index is 12.5. The highest BCUT2D eigenvalue weighted by molar-refractivity contribution is 5.89. The summed E-state index contributed by atoms with van der Waals surface area (Å²) in [6, 6.07) is 4.80. The van der Waals surface area contributed by atoms with E-state index in [-0.39, 0.29) is 12.2 Å². The molecule has 0 N–H and O–H groups in total. The van der Waals surface area contributed by atoms with Gasteiger partial charge < -0.3 is 4.74 Å². The molecule has 17 heavy (non-hydrogen) atoms. The Morgan fingerprint density at radius 2 is 2.00 bits per heavy atom. The Bertz CT molecular complexity index is 467. The molecule has 0 atom stereocenters. The van der Waals surface area contributed by atoms with Crippen molar-refractivity contribution < 1.29 is 22.7 Å². The van der Waals surface area contributed by atoms with Gasteiger partial charge >= 0.3 is 12.1 Å². The first-order valence-corrected chi connectivity index (χ1v) is 4.80. The van der Waals surface area contributed by atoms with Crippen LogP contribution in [0.3, 0.4) is 0 Å². The van der Waals surface area contributed by atoms with E-state index in [2.05, 4.69) is 10.7 Å². The standard InChI is InChI=1S/C12H9F3O2/c1-2-17-11(16)8-7-9-5-3-4-6-10(9)12(13,14)15/h3-6H,2H2,1H3. The predicted molar refractivity (Wildman–Crippen MR) is 55.0 cm³/mol. The molecule has 1 aromatic carbocycles. The van der Waals surface area contributed by atoms with Gasteiger partial charge in [0.2, 0.25) is 0 Å². The second-order valence-electron chi connectivity index (χ2n) is 3.01. The summed E-state index contributed by atoms with van der Waals surface area (Å²) in [6.45, 7) is 1.72. The monoisotopic (exact) mass is 242 g/mol. The molecule has 0 radical (unpaired) electrons. The molecule has 2 nitrogen and oxygen atoms in total. The fourth-order valence-electron chi connectivity index (χ4n) is 1.12. The predicted octanol–water partition coefficient (Wildman–Crippen LogP) is 2.62. The summed E-state index contributed by atoms with van der Waals surface area (Å²) in [4.78, 5) is 10.9. The summed E-state index contributed by atoms with van der Waals surface area (Å²) in [6.07, 6.45) is -4.49. The van der Waals surface area contributed by atoms with Gasteiger partial charge in [0, 0.05) is 11.5 Å². The Morgan fingerprint density at radius 3 is 2.59 bits per heavy atom. The van der Waals surface area contributed by atoms with E-state index in [1.54, 1.807) is 6.92 Å². The second kappa shape index (κ2) is 5.39. The lowest BCUT2D eigenvalue weighted by atomic mass is 10.1. The van der Waals surface area contributed by atoms with Crippen LogP contribution in [0, 0.1) is 11.8 Å². The lowest BCUT2D eigenvalue weighted by Gasteiger charge is -2.07. The number of rotatable bonds is 1. The molecule has 0 amide bonds. The molecule has 0 aliphatic rings. The van der Waals surface area contributed by atoms with Gasteiger partial charge in [-0.1, -0.05) is 18.1 Å². The van der Waals surface area contributed by atoms with Crippen LogP contribution in [-0.2, 0) is 15.7 Å². The van der Waals surface area contributed by atoms with Crippen LogP contribution in [-0.4, -0.2) is 12.6 Å². The van der Waals surface area contributed by atoms with Crippen molar-refractivity contribution in [1.29, 1.82) is 0 Å². The molecule has 0 aliphatic carbocycles. The molecule has 0 saturated carbocycles. The molecule has 0 bridgehead atoms. The normalized spacial score (nSPS) is 10.4. The first-order chi connectivity index (χ1) is 7.95. The van der Waals surface area contributed by atoms with E-state index in [4.69, 9.17) is 0 Å². The minimum atomic E-state index is -4.49. The molecule has 0 fully saturated rings. The number of esters is 1. The SMILES string of the molecule is CCOC(=O)C#Cc1ccccc1C(F)(F)F. The molecule has 5 heteroatoms. The molecule has 90 valence electrons. The number of halogens is 3. The van der Waals surface area contributed by atoms with Gasteiger partial charge in [-0.25, -0.2) is 4.79 Å². The van der Waals surface area contributed by atoms with Crippen LogP contribution in [0.1, 0.15) is 18.1 Å². The van der Waals surface area contributed by atoms with Crippen LogP contribution >= 0.6 is 0 Å². The van der Waals surface area contributed by atoms with Crippen molar-refractivity contribution in [1.82, 2.24) is 0 Å². The van der Waals surface area contributed by atoms with Gasteiger partial charge in [-0.2, -0.15) is 13.2 Å². The molecule has 1 rings (SSSR count). The molecule has 0 unspecified atom stereocenters. The quantitative estimate of drug-likeness (QED) is 0.559. The average Bonchev–Trinajstić information content (AvgIpc) is 2.26. The summed E-state index contributed by atoms with van der Waals surface area (Å²) in [5.41, 5.74) is -1.11. The van der Waals surface area contributed by atoms with Gasteiger partial charge in [-0.15, -0.1) is 0 Å².